The molecule has 2 heterocycles. The van der Waals surface area contributed by atoms with E-state index in [0.717, 1.165) is 13.0 Å². The molecular formula is C16H30N2O2. The summed E-state index contributed by atoms with van der Waals surface area (Å²) in [6.45, 7) is 5.18. The predicted molar refractivity (Wildman–Crippen MR) is 80.8 cm³/mol. The summed E-state index contributed by atoms with van der Waals surface area (Å²) in [4.78, 5) is 17.0. The van der Waals surface area contributed by atoms with Crippen molar-refractivity contribution >= 4 is 5.91 Å². The van der Waals surface area contributed by atoms with E-state index in [9.17, 15) is 4.79 Å². The van der Waals surface area contributed by atoms with Gasteiger partial charge in [-0.1, -0.05) is 6.42 Å². The molecule has 0 aromatic carbocycles. The lowest BCUT2D eigenvalue weighted by molar-refractivity contribution is -0.136. The topological polar surface area (TPSA) is 32.8 Å². The van der Waals surface area contributed by atoms with E-state index in [4.69, 9.17) is 4.74 Å². The van der Waals surface area contributed by atoms with Gasteiger partial charge in [0.15, 0.2) is 0 Å². The van der Waals surface area contributed by atoms with Crippen molar-refractivity contribution in [1.29, 1.82) is 0 Å². The highest BCUT2D eigenvalue weighted by atomic mass is 16.5. The molecule has 116 valence electrons. The molecule has 0 saturated carbocycles. The molecule has 4 nitrogen and oxygen atoms in total. The number of likely N-dealkylation sites (tertiary alicyclic amines) is 2. The molecule has 0 radical (unpaired) electrons. The molecule has 0 aliphatic carbocycles. The molecule has 0 spiro atoms. The summed E-state index contributed by atoms with van der Waals surface area (Å²) in [6.07, 6.45) is 9.41. The Hall–Kier alpha value is -0.610. The van der Waals surface area contributed by atoms with Crippen molar-refractivity contribution in [2.75, 3.05) is 39.9 Å². The predicted octanol–water partition coefficient (Wildman–Crippen LogP) is 2.28. The van der Waals surface area contributed by atoms with Crippen LogP contribution in [-0.4, -0.2) is 61.6 Å². The average Bonchev–Trinajstić information content (AvgIpc) is 2.52. The molecule has 0 aromatic heterocycles. The van der Waals surface area contributed by atoms with E-state index in [0.29, 0.717) is 19.1 Å². The van der Waals surface area contributed by atoms with Gasteiger partial charge in [-0.15, -0.1) is 0 Å². The van der Waals surface area contributed by atoms with Crippen LogP contribution in [0.4, 0.5) is 0 Å². The van der Waals surface area contributed by atoms with E-state index in [1.54, 1.807) is 7.11 Å². The van der Waals surface area contributed by atoms with Gasteiger partial charge >= 0.3 is 0 Å². The van der Waals surface area contributed by atoms with E-state index in [1.807, 2.05) is 0 Å². The molecule has 2 fully saturated rings. The lowest BCUT2D eigenvalue weighted by Crippen LogP contribution is -2.45. The number of rotatable bonds is 6. The molecular weight excluding hydrogens is 252 g/mol. The van der Waals surface area contributed by atoms with E-state index < -0.39 is 0 Å². The fourth-order valence-corrected chi connectivity index (χ4v) is 3.48. The van der Waals surface area contributed by atoms with Gasteiger partial charge in [0.2, 0.25) is 5.91 Å². The van der Waals surface area contributed by atoms with Crippen LogP contribution in [0.5, 0.6) is 0 Å². The number of nitrogens with zero attached hydrogens (tertiary/aromatic N) is 2. The molecule has 1 amide bonds. The second kappa shape index (κ2) is 8.63. The van der Waals surface area contributed by atoms with Crippen molar-refractivity contribution in [3.8, 4) is 0 Å². The zero-order chi connectivity index (χ0) is 14.2. The van der Waals surface area contributed by atoms with Crippen LogP contribution in [0.2, 0.25) is 0 Å². The summed E-state index contributed by atoms with van der Waals surface area (Å²) in [7, 11) is 1.66. The minimum Gasteiger partial charge on any atom is -0.384 e. The number of piperidine rings is 2. The van der Waals surface area contributed by atoms with E-state index in [-0.39, 0.29) is 5.91 Å². The van der Waals surface area contributed by atoms with Gasteiger partial charge in [-0.05, 0) is 51.6 Å². The average molecular weight is 282 g/mol. The maximum atomic E-state index is 12.3. The Kier molecular flexibility index (Phi) is 6.80. The van der Waals surface area contributed by atoms with Gasteiger partial charge < -0.3 is 14.5 Å². The highest BCUT2D eigenvalue weighted by Crippen LogP contribution is 2.21. The SMILES string of the molecule is COCCC(=O)N1CCCC[C@@H]1CCN1CCCCC1. The number of ether oxygens (including phenoxy) is 1. The molecule has 20 heavy (non-hydrogen) atoms. The maximum Gasteiger partial charge on any atom is 0.225 e. The van der Waals surface area contributed by atoms with Crippen LogP contribution < -0.4 is 0 Å². The minimum absolute atomic E-state index is 0.287. The first kappa shape index (κ1) is 15.8. The molecule has 1 atom stereocenters. The first-order valence-electron chi connectivity index (χ1n) is 8.32. The highest BCUT2D eigenvalue weighted by Gasteiger charge is 2.26. The molecule has 2 rings (SSSR count). The van der Waals surface area contributed by atoms with E-state index in [2.05, 4.69) is 9.80 Å². The maximum absolute atomic E-state index is 12.3. The number of hydrogen-bond donors (Lipinski definition) is 0. The van der Waals surface area contributed by atoms with Crippen molar-refractivity contribution in [2.45, 2.75) is 57.4 Å². The summed E-state index contributed by atoms with van der Waals surface area (Å²) in [5, 5.41) is 0. The third-order valence-electron chi connectivity index (χ3n) is 4.69. The largest absolute Gasteiger partial charge is 0.384 e. The van der Waals surface area contributed by atoms with E-state index in [1.165, 1.54) is 58.2 Å². The Labute approximate surface area is 123 Å². The van der Waals surface area contributed by atoms with Crippen LogP contribution in [0.25, 0.3) is 0 Å². The van der Waals surface area contributed by atoms with Gasteiger partial charge in [-0.25, -0.2) is 0 Å². The van der Waals surface area contributed by atoms with Crippen LogP contribution in [0.15, 0.2) is 0 Å². The smallest absolute Gasteiger partial charge is 0.225 e. The molecule has 2 aliphatic heterocycles. The van der Waals surface area contributed by atoms with Crippen LogP contribution in [-0.2, 0) is 9.53 Å². The molecule has 4 heteroatoms. The van der Waals surface area contributed by atoms with Crippen LogP contribution in [0.3, 0.4) is 0 Å². The van der Waals surface area contributed by atoms with Gasteiger partial charge in [-0.3, -0.25) is 4.79 Å². The van der Waals surface area contributed by atoms with E-state index >= 15 is 0 Å². The van der Waals surface area contributed by atoms with Crippen molar-refractivity contribution < 1.29 is 9.53 Å². The Bertz CT molecular complexity index is 290. The minimum atomic E-state index is 0.287. The Balaban J connectivity index is 1.78. The molecule has 2 aliphatic rings. The zero-order valence-electron chi connectivity index (χ0n) is 13.0. The number of carbonyl (C=O) groups excluding carboxylic acids is 1. The third kappa shape index (κ3) is 4.74. The summed E-state index contributed by atoms with van der Waals surface area (Å²) >= 11 is 0. The fourth-order valence-electron chi connectivity index (χ4n) is 3.48. The number of carbonyl (C=O) groups is 1. The van der Waals surface area contributed by atoms with Crippen molar-refractivity contribution in [2.24, 2.45) is 0 Å². The molecule has 0 N–H and O–H groups in total. The fraction of sp³-hybridized carbons (Fsp3) is 0.938. The molecule has 2 saturated heterocycles. The standard InChI is InChI=1S/C16H30N2O2/c1-20-14-9-16(19)18-12-6-3-7-15(18)8-13-17-10-4-2-5-11-17/h15H,2-14H2,1H3/t15-/m1/s1. The summed E-state index contributed by atoms with van der Waals surface area (Å²) < 4.78 is 5.04. The Morgan fingerprint density at radius 3 is 2.60 bits per heavy atom. The summed E-state index contributed by atoms with van der Waals surface area (Å²) in [6, 6.07) is 0.468. The molecule has 0 unspecified atom stereocenters. The molecule has 0 bridgehead atoms. The number of amides is 1. The van der Waals surface area contributed by atoms with Gasteiger partial charge in [0.25, 0.3) is 0 Å². The lowest BCUT2D eigenvalue weighted by Gasteiger charge is -2.37. The monoisotopic (exact) mass is 282 g/mol. The normalized spacial score (nSPS) is 24.9. The van der Waals surface area contributed by atoms with Crippen molar-refractivity contribution in [3.05, 3.63) is 0 Å². The number of methoxy groups -OCH3 is 1. The van der Waals surface area contributed by atoms with Gasteiger partial charge in [0.05, 0.1) is 13.0 Å². The summed E-state index contributed by atoms with van der Waals surface area (Å²) in [5.41, 5.74) is 0. The Morgan fingerprint density at radius 2 is 1.85 bits per heavy atom. The first-order valence-corrected chi connectivity index (χ1v) is 8.32. The van der Waals surface area contributed by atoms with Gasteiger partial charge in [-0.2, -0.15) is 0 Å². The second-order valence-electron chi connectivity index (χ2n) is 6.17. The van der Waals surface area contributed by atoms with Gasteiger partial charge in [0.1, 0.15) is 0 Å². The van der Waals surface area contributed by atoms with Gasteiger partial charge in [0, 0.05) is 26.2 Å². The van der Waals surface area contributed by atoms with Crippen LogP contribution in [0.1, 0.15) is 51.4 Å². The molecule has 0 aromatic rings. The lowest BCUT2D eigenvalue weighted by atomic mass is 9.98. The first-order chi connectivity index (χ1) is 9.81. The van der Waals surface area contributed by atoms with Crippen molar-refractivity contribution in [1.82, 2.24) is 9.80 Å². The third-order valence-corrected chi connectivity index (χ3v) is 4.69. The van der Waals surface area contributed by atoms with Crippen LogP contribution >= 0.6 is 0 Å². The highest BCUT2D eigenvalue weighted by molar-refractivity contribution is 5.76. The quantitative estimate of drug-likeness (QED) is 0.749. The summed E-state index contributed by atoms with van der Waals surface area (Å²) in [5.74, 6) is 0.287. The zero-order valence-corrected chi connectivity index (χ0v) is 13.0. The number of hydrogen-bond acceptors (Lipinski definition) is 3. The van der Waals surface area contributed by atoms with Crippen LogP contribution in [0, 0.1) is 0 Å². The van der Waals surface area contributed by atoms with Crippen molar-refractivity contribution in [3.63, 3.8) is 0 Å². The second-order valence-corrected chi connectivity index (χ2v) is 6.17. The Morgan fingerprint density at radius 1 is 1.10 bits per heavy atom.